The van der Waals surface area contributed by atoms with E-state index in [1.165, 1.54) is 6.07 Å². The van der Waals surface area contributed by atoms with Crippen molar-refractivity contribution in [2.24, 2.45) is 0 Å². The summed E-state index contributed by atoms with van der Waals surface area (Å²) in [5.74, 6) is -0.236. The van der Waals surface area contributed by atoms with Crippen LogP contribution >= 0.6 is 15.9 Å². The Bertz CT molecular complexity index is 273. The van der Waals surface area contributed by atoms with Gasteiger partial charge in [0.15, 0.2) is 0 Å². The van der Waals surface area contributed by atoms with E-state index in [2.05, 4.69) is 21.2 Å². The molecule has 0 aliphatic carbocycles. The predicted octanol–water partition coefficient (Wildman–Crippen LogP) is 3.41. The van der Waals surface area contributed by atoms with Gasteiger partial charge in [0.1, 0.15) is 5.82 Å². The lowest BCUT2D eigenvalue weighted by Crippen LogP contribution is -2.09. The summed E-state index contributed by atoms with van der Waals surface area (Å²) in [5.41, 5.74) is 0.811. The molecule has 1 nitrogen and oxygen atoms in total. The summed E-state index contributed by atoms with van der Waals surface area (Å²) in [5, 5.41) is 3.11. The highest BCUT2D eigenvalue weighted by Crippen LogP contribution is 2.19. The lowest BCUT2D eigenvalue weighted by molar-refractivity contribution is 0.621. The van der Waals surface area contributed by atoms with E-state index in [1.807, 2.05) is 19.9 Å². The second kappa shape index (κ2) is 3.90. The predicted molar refractivity (Wildman–Crippen MR) is 52.9 cm³/mol. The Morgan fingerprint density at radius 2 is 2.08 bits per heavy atom. The molecule has 0 bridgehead atoms. The minimum Gasteiger partial charge on any atom is -0.383 e. The van der Waals surface area contributed by atoms with Gasteiger partial charge in [0.2, 0.25) is 0 Å². The van der Waals surface area contributed by atoms with E-state index in [0.29, 0.717) is 10.5 Å². The third-order valence-corrected chi connectivity index (χ3v) is 2.02. The first-order valence-electron chi connectivity index (χ1n) is 3.81. The standard InChI is InChI=1S/C9H11BrFN/c1-6(2)12-7-3-4-8(10)9(11)5-7/h3-6,12H,1-2H3. The summed E-state index contributed by atoms with van der Waals surface area (Å²) in [6.45, 7) is 4.03. The molecule has 0 saturated carbocycles. The molecule has 0 spiro atoms. The molecule has 0 atom stereocenters. The van der Waals surface area contributed by atoms with Crippen LogP contribution in [0.15, 0.2) is 22.7 Å². The summed E-state index contributed by atoms with van der Waals surface area (Å²) in [7, 11) is 0. The molecule has 1 N–H and O–H groups in total. The van der Waals surface area contributed by atoms with Crippen molar-refractivity contribution < 1.29 is 4.39 Å². The van der Waals surface area contributed by atoms with Crippen molar-refractivity contribution in [3.8, 4) is 0 Å². The van der Waals surface area contributed by atoms with E-state index >= 15 is 0 Å². The van der Waals surface area contributed by atoms with Gasteiger partial charge in [0.25, 0.3) is 0 Å². The van der Waals surface area contributed by atoms with Crippen LogP contribution in [0.2, 0.25) is 0 Å². The van der Waals surface area contributed by atoms with Gasteiger partial charge < -0.3 is 5.32 Å². The molecule has 0 radical (unpaired) electrons. The molecule has 0 aromatic heterocycles. The van der Waals surface area contributed by atoms with Gasteiger partial charge in [0, 0.05) is 11.7 Å². The molecule has 0 heterocycles. The minimum absolute atomic E-state index is 0.236. The number of hydrogen-bond acceptors (Lipinski definition) is 1. The second-order valence-electron chi connectivity index (χ2n) is 2.93. The topological polar surface area (TPSA) is 12.0 Å². The van der Waals surface area contributed by atoms with Crippen LogP contribution < -0.4 is 5.32 Å². The molecular weight excluding hydrogens is 221 g/mol. The zero-order valence-corrected chi connectivity index (χ0v) is 8.65. The highest BCUT2D eigenvalue weighted by molar-refractivity contribution is 9.10. The first-order chi connectivity index (χ1) is 5.59. The summed E-state index contributed by atoms with van der Waals surface area (Å²) in [6.07, 6.45) is 0. The van der Waals surface area contributed by atoms with Crippen molar-refractivity contribution in [1.29, 1.82) is 0 Å². The zero-order chi connectivity index (χ0) is 9.14. The van der Waals surface area contributed by atoms with Gasteiger partial charge in [-0.15, -0.1) is 0 Å². The maximum Gasteiger partial charge on any atom is 0.139 e. The van der Waals surface area contributed by atoms with Crippen LogP contribution in [-0.2, 0) is 0 Å². The highest BCUT2D eigenvalue weighted by Gasteiger charge is 2.00. The molecule has 66 valence electrons. The van der Waals surface area contributed by atoms with Crippen molar-refractivity contribution in [3.05, 3.63) is 28.5 Å². The van der Waals surface area contributed by atoms with Gasteiger partial charge in [-0.05, 0) is 48.0 Å². The van der Waals surface area contributed by atoms with E-state index in [1.54, 1.807) is 6.07 Å². The minimum atomic E-state index is -0.236. The smallest absolute Gasteiger partial charge is 0.139 e. The van der Waals surface area contributed by atoms with Crippen molar-refractivity contribution >= 4 is 21.6 Å². The fraction of sp³-hybridized carbons (Fsp3) is 0.333. The Kier molecular flexibility index (Phi) is 3.09. The van der Waals surface area contributed by atoms with E-state index in [-0.39, 0.29) is 5.82 Å². The highest BCUT2D eigenvalue weighted by atomic mass is 79.9. The Labute approximate surface area is 80.1 Å². The SMILES string of the molecule is CC(C)Nc1ccc(Br)c(F)c1. The molecule has 0 unspecified atom stereocenters. The molecule has 0 fully saturated rings. The third-order valence-electron chi connectivity index (χ3n) is 1.37. The second-order valence-corrected chi connectivity index (χ2v) is 3.78. The van der Waals surface area contributed by atoms with Gasteiger partial charge in [-0.3, -0.25) is 0 Å². The average Bonchev–Trinajstić information content (AvgIpc) is 1.96. The summed E-state index contributed by atoms with van der Waals surface area (Å²) in [6, 6.07) is 5.34. The first kappa shape index (κ1) is 9.52. The van der Waals surface area contributed by atoms with Crippen molar-refractivity contribution in [2.75, 3.05) is 5.32 Å². The first-order valence-corrected chi connectivity index (χ1v) is 4.60. The van der Waals surface area contributed by atoms with Gasteiger partial charge in [-0.1, -0.05) is 0 Å². The van der Waals surface area contributed by atoms with Crippen LogP contribution in [0, 0.1) is 5.82 Å². The van der Waals surface area contributed by atoms with E-state index in [9.17, 15) is 4.39 Å². The average molecular weight is 232 g/mol. The van der Waals surface area contributed by atoms with Crippen LogP contribution in [0.4, 0.5) is 10.1 Å². The van der Waals surface area contributed by atoms with E-state index < -0.39 is 0 Å². The molecule has 1 aromatic carbocycles. The fourth-order valence-corrected chi connectivity index (χ4v) is 1.17. The Morgan fingerprint density at radius 3 is 2.58 bits per heavy atom. The molecule has 3 heteroatoms. The van der Waals surface area contributed by atoms with Crippen molar-refractivity contribution in [1.82, 2.24) is 0 Å². The molecule has 12 heavy (non-hydrogen) atoms. The van der Waals surface area contributed by atoms with Crippen LogP contribution in [0.5, 0.6) is 0 Å². The fourth-order valence-electron chi connectivity index (χ4n) is 0.919. The number of hydrogen-bond donors (Lipinski definition) is 1. The lowest BCUT2D eigenvalue weighted by atomic mass is 10.3. The molecule has 1 aromatic rings. The largest absolute Gasteiger partial charge is 0.383 e. The van der Waals surface area contributed by atoms with E-state index in [4.69, 9.17) is 0 Å². The van der Waals surface area contributed by atoms with Gasteiger partial charge in [-0.2, -0.15) is 0 Å². The Balaban J connectivity index is 2.82. The van der Waals surface area contributed by atoms with Crippen molar-refractivity contribution in [3.63, 3.8) is 0 Å². The number of benzene rings is 1. The molecule has 1 rings (SSSR count). The van der Waals surface area contributed by atoms with Crippen LogP contribution in [0.1, 0.15) is 13.8 Å². The maximum absolute atomic E-state index is 12.9. The normalized spacial score (nSPS) is 10.4. The molecule has 0 aliphatic rings. The summed E-state index contributed by atoms with van der Waals surface area (Å²) < 4.78 is 13.4. The van der Waals surface area contributed by atoms with Crippen molar-refractivity contribution in [2.45, 2.75) is 19.9 Å². The zero-order valence-electron chi connectivity index (χ0n) is 7.07. The van der Waals surface area contributed by atoms with Gasteiger partial charge in [0.05, 0.1) is 4.47 Å². The number of anilines is 1. The number of nitrogens with one attached hydrogen (secondary N) is 1. The molecule has 0 saturated heterocycles. The van der Waals surface area contributed by atoms with E-state index in [0.717, 1.165) is 5.69 Å². The number of rotatable bonds is 2. The van der Waals surface area contributed by atoms with Crippen LogP contribution in [-0.4, -0.2) is 6.04 Å². The number of halogens is 2. The quantitative estimate of drug-likeness (QED) is 0.823. The van der Waals surface area contributed by atoms with Crippen LogP contribution in [0.25, 0.3) is 0 Å². The Hall–Kier alpha value is -0.570. The van der Waals surface area contributed by atoms with Gasteiger partial charge >= 0.3 is 0 Å². The lowest BCUT2D eigenvalue weighted by Gasteiger charge is -2.09. The monoisotopic (exact) mass is 231 g/mol. The van der Waals surface area contributed by atoms with Gasteiger partial charge in [-0.25, -0.2) is 4.39 Å². The van der Waals surface area contributed by atoms with Crippen LogP contribution in [0.3, 0.4) is 0 Å². The maximum atomic E-state index is 12.9. The molecule has 0 aliphatic heterocycles. The third kappa shape index (κ3) is 2.48. The summed E-state index contributed by atoms with van der Waals surface area (Å²) in [4.78, 5) is 0. The Morgan fingerprint density at radius 1 is 1.42 bits per heavy atom. The molecular formula is C9H11BrFN. The molecule has 0 amide bonds. The summed E-state index contributed by atoms with van der Waals surface area (Å²) >= 11 is 3.09.